The largest absolute Gasteiger partial charge is 0.496 e. The van der Waals surface area contributed by atoms with Gasteiger partial charge in [0.25, 0.3) is 0 Å². The van der Waals surface area contributed by atoms with Gasteiger partial charge in [-0.05, 0) is 72.0 Å². The Bertz CT molecular complexity index is 378. The molecule has 0 saturated carbocycles. The summed E-state index contributed by atoms with van der Waals surface area (Å²) in [5.41, 5.74) is 1.28. The van der Waals surface area contributed by atoms with Gasteiger partial charge in [-0.1, -0.05) is 6.07 Å². The minimum atomic E-state index is 0.778. The van der Waals surface area contributed by atoms with E-state index in [1.807, 2.05) is 6.07 Å². The molecule has 2 N–H and O–H groups in total. The van der Waals surface area contributed by atoms with Crippen LogP contribution in [0, 0.1) is 5.92 Å². The maximum Gasteiger partial charge on any atom is 0.133 e. The zero-order valence-corrected chi connectivity index (χ0v) is 12.4. The number of benzene rings is 1. The Labute approximate surface area is 117 Å². The zero-order chi connectivity index (χ0) is 12.8. The van der Waals surface area contributed by atoms with Gasteiger partial charge in [-0.2, -0.15) is 0 Å². The maximum atomic E-state index is 5.22. The molecule has 1 saturated heterocycles. The molecule has 1 aromatic carbocycles. The minimum absolute atomic E-state index is 0.778. The smallest absolute Gasteiger partial charge is 0.133 e. The SMILES string of the molecule is COc1ccc(CNCC2CCCNC2)cc1Br. The fourth-order valence-electron chi connectivity index (χ4n) is 2.34. The highest BCUT2D eigenvalue weighted by molar-refractivity contribution is 9.10. The summed E-state index contributed by atoms with van der Waals surface area (Å²) < 4.78 is 6.24. The molecule has 0 bridgehead atoms. The van der Waals surface area contributed by atoms with E-state index in [1.165, 1.54) is 24.9 Å². The third kappa shape index (κ3) is 3.97. The number of rotatable bonds is 5. The van der Waals surface area contributed by atoms with Crippen LogP contribution in [0.5, 0.6) is 5.75 Å². The third-order valence-corrected chi connectivity index (χ3v) is 4.00. The first-order chi connectivity index (χ1) is 8.79. The molecule has 1 atom stereocenters. The molecule has 0 aromatic heterocycles. The average molecular weight is 313 g/mol. The molecule has 1 aliphatic heterocycles. The molecule has 0 amide bonds. The van der Waals surface area contributed by atoms with Crippen LogP contribution in [0.2, 0.25) is 0 Å². The van der Waals surface area contributed by atoms with Crippen LogP contribution >= 0.6 is 15.9 Å². The first kappa shape index (κ1) is 13.8. The second-order valence-electron chi connectivity index (χ2n) is 4.81. The number of ether oxygens (including phenoxy) is 1. The topological polar surface area (TPSA) is 33.3 Å². The molecular weight excluding hydrogens is 292 g/mol. The van der Waals surface area contributed by atoms with Crippen molar-refractivity contribution in [3.63, 3.8) is 0 Å². The molecule has 0 radical (unpaired) electrons. The summed E-state index contributed by atoms with van der Waals surface area (Å²) in [4.78, 5) is 0. The average Bonchev–Trinajstić information content (AvgIpc) is 2.40. The molecule has 3 nitrogen and oxygen atoms in total. The normalized spacial score (nSPS) is 19.8. The first-order valence-corrected chi connectivity index (χ1v) is 7.32. The van der Waals surface area contributed by atoms with Gasteiger partial charge < -0.3 is 15.4 Å². The lowest BCUT2D eigenvalue weighted by Crippen LogP contribution is -2.35. The Morgan fingerprint density at radius 2 is 2.39 bits per heavy atom. The van der Waals surface area contributed by atoms with Crippen LogP contribution < -0.4 is 15.4 Å². The van der Waals surface area contributed by atoms with Crippen LogP contribution in [-0.2, 0) is 6.54 Å². The maximum absolute atomic E-state index is 5.22. The second kappa shape index (κ2) is 7.12. The molecule has 1 heterocycles. The van der Waals surface area contributed by atoms with Crippen molar-refractivity contribution in [2.45, 2.75) is 19.4 Å². The molecular formula is C14H21BrN2O. The Hall–Kier alpha value is -0.580. The lowest BCUT2D eigenvalue weighted by molar-refractivity contribution is 0.360. The van der Waals surface area contributed by atoms with Crippen molar-refractivity contribution in [1.29, 1.82) is 0 Å². The summed E-state index contributed by atoms with van der Waals surface area (Å²) in [6.07, 6.45) is 2.65. The summed E-state index contributed by atoms with van der Waals surface area (Å²) in [5.74, 6) is 1.66. The van der Waals surface area contributed by atoms with Crippen molar-refractivity contribution < 1.29 is 4.74 Å². The second-order valence-corrected chi connectivity index (χ2v) is 5.67. The van der Waals surface area contributed by atoms with Crippen LogP contribution in [0.1, 0.15) is 18.4 Å². The quantitative estimate of drug-likeness (QED) is 0.876. The van der Waals surface area contributed by atoms with Crippen LogP contribution in [0.3, 0.4) is 0 Å². The first-order valence-electron chi connectivity index (χ1n) is 6.53. The number of halogens is 1. The van der Waals surface area contributed by atoms with Crippen LogP contribution in [0.25, 0.3) is 0 Å². The Morgan fingerprint density at radius 3 is 3.06 bits per heavy atom. The standard InChI is InChI=1S/C14H21BrN2O/c1-18-14-5-4-11(7-13(14)15)8-17-10-12-3-2-6-16-9-12/h4-5,7,12,16-17H,2-3,6,8-10H2,1H3. The monoisotopic (exact) mass is 312 g/mol. The summed E-state index contributed by atoms with van der Waals surface area (Å²) >= 11 is 3.51. The summed E-state index contributed by atoms with van der Waals surface area (Å²) in [6, 6.07) is 6.23. The molecule has 0 spiro atoms. The summed E-state index contributed by atoms with van der Waals surface area (Å²) in [5, 5.41) is 6.98. The van der Waals surface area contributed by atoms with Crippen LogP contribution in [0.4, 0.5) is 0 Å². The third-order valence-electron chi connectivity index (χ3n) is 3.38. The van der Waals surface area contributed by atoms with E-state index in [1.54, 1.807) is 7.11 Å². The Morgan fingerprint density at radius 1 is 1.50 bits per heavy atom. The van der Waals surface area contributed by atoms with Crippen LogP contribution in [-0.4, -0.2) is 26.7 Å². The molecule has 4 heteroatoms. The van der Waals surface area contributed by atoms with Gasteiger partial charge in [0.2, 0.25) is 0 Å². The predicted octanol–water partition coefficient (Wildman–Crippen LogP) is 2.55. The number of piperidine rings is 1. The van der Waals surface area contributed by atoms with E-state index in [0.29, 0.717) is 0 Å². The zero-order valence-electron chi connectivity index (χ0n) is 10.8. The van der Waals surface area contributed by atoms with Gasteiger partial charge >= 0.3 is 0 Å². The van der Waals surface area contributed by atoms with E-state index in [9.17, 15) is 0 Å². The number of hydrogen-bond acceptors (Lipinski definition) is 3. The van der Waals surface area contributed by atoms with Crippen molar-refractivity contribution in [3.05, 3.63) is 28.2 Å². The van der Waals surface area contributed by atoms with Gasteiger partial charge in [0.1, 0.15) is 5.75 Å². The van der Waals surface area contributed by atoms with Gasteiger partial charge in [0, 0.05) is 6.54 Å². The van der Waals surface area contributed by atoms with E-state index in [-0.39, 0.29) is 0 Å². The van der Waals surface area contributed by atoms with E-state index in [4.69, 9.17) is 4.74 Å². The van der Waals surface area contributed by atoms with Crippen molar-refractivity contribution >= 4 is 15.9 Å². The van der Waals surface area contributed by atoms with Crippen LogP contribution in [0.15, 0.2) is 22.7 Å². The van der Waals surface area contributed by atoms with E-state index in [0.717, 1.165) is 35.8 Å². The van der Waals surface area contributed by atoms with Crippen molar-refractivity contribution in [1.82, 2.24) is 10.6 Å². The number of nitrogens with one attached hydrogen (secondary N) is 2. The Kier molecular flexibility index (Phi) is 5.47. The van der Waals surface area contributed by atoms with E-state index < -0.39 is 0 Å². The van der Waals surface area contributed by atoms with Crippen molar-refractivity contribution in [2.75, 3.05) is 26.7 Å². The fourth-order valence-corrected chi connectivity index (χ4v) is 2.93. The van der Waals surface area contributed by atoms with Gasteiger partial charge in [-0.15, -0.1) is 0 Å². The molecule has 0 aliphatic carbocycles. The fraction of sp³-hybridized carbons (Fsp3) is 0.571. The molecule has 2 rings (SSSR count). The molecule has 1 fully saturated rings. The van der Waals surface area contributed by atoms with E-state index >= 15 is 0 Å². The highest BCUT2D eigenvalue weighted by atomic mass is 79.9. The Balaban J connectivity index is 1.77. The molecule has 1 aromatic rings. The minimum Gasteiger partial charge on any atom is -0.496 e. The molecule has 1 aliphatic rings. The number of hydrogen-bond donors (Lipinski definition) is 2. The predicted molar refractivity (Wildman–Crippen MR) is 78.0 cm³/mol. The van der Waals surface area contributed by atoms with Crippen molar-refractivity contribution in [3.8, 4) is 5.75 Å². The molecule has 1 unspecified atom stereocenters. The highest BCUT2D eigenvalue weighted by Gasteiger charge is 2.12. The highest BCUT2D eigenvalue weighted by Crippen LogP contribution is 2.25. The lowest BCUT2D eigenvalue weighted by Gasteiger charge is -2.23. The molecule has 18 heavy (non-hydrogen) atoms. The van der Waals surface area contributed by atoms with Gasteiger partial charge in [0.15, 0.2) is 0 Å². The van der Waals surface area contributed by atoms with Gasteiger partial charge in [-0.25, -0.2) is 0 Å². The summed E-state index contributed by atoms with van der Waals surface area (Å²) in [7, 11) is 1.69. The number of methoxy groups -OCH3 is 1. The van der Waals surface area contributed by atoms with E-state index in [2.05, 4.69) is 38.7 Å². The van der Waals surface area contributed by atoms with Gasteiger partial charge in [0.05, 0.1) is 11.6 Å². The lowest BCUT2D eigenvalue weighted by atomic mass is 10.00. The van der Waals surface area contributed by atoms with Gasteiger partial charge in [-0.3, -0.25) is 0 Å². The molecule has 100 valence electrons. The summed E-state index contributed by atoms with van der Waals surface area (Å²) in [6.45, 7) is 4.34. The van der Waals surface area contributed by atoms with Crippen molar-refractivity contribution in [2.24, 2.45) is 5.92 Å².